The van der Waals surface area contributed by atoms with E-state index in [1.54, 1.807) is 13.8 Å². The van der Waals surface area contributed by atoms with Gasteiger partial charge in [0.15, 0.2) is 0 Å². The molecule has 6 heteroatoms. The molecule has 1 rings (SSSR count). The quantitative estimate of drug-likeness (QED) is 0.735. The molecule has 0 aromatic carbocycles. The molecule has 5 nitrogen and oxygen atoms in total. The minimum Gasteiger partial charge on any atom is -0.374 e. The van der Waals surface area contributed by atoms with Gasteiger partial charge in [0.1, 0.15) is 0 Å². The van der Waals surface area contributed by atoms with Crippen molar-refractivity contribution in [3.63, 3.8) is 0 Å². The van der Waals surface area contributed by atoms with Crippen LogP contribution >= 0.6 is 0 Å². The van der Waals surface area contributed by atoms with Crippen molar-refractivity contribution in [2.24, 2.45) is 5.73 Å². The lowest BCUT2D eigenvalue weighted by Crippen LogP contribution is -2.54. The fraction of sp³-hybridized carbons (Fsp3) is 1.00. The van der Waals surface area contributed by atoms with E-state index in [2.05, 4.69) is 0 Å². The van der Waals surface area contributed by atoms with Gasteiger partial charge in [0, 0.05) is 19.1 Å². The molecule has 1 heterocycles. The number of nitrogens with two attached hydrogens (primary N) is 1. The van der Waals surface area contributed by atoms with E-state index >= 15 is 0 Å². The third kappa shape index (κ3) is 2.69. The minimum atomic E-state index is -3.19. The van der Waals surface area contributed by atoms with Crippen LogP contribution in [0.4, 0.5) is 0 Å². The van der Waals surface area contributed by atoms with Gasteiger partial charge < -0.3 is 10.5 Å². The first-order valence-corrected chi connectivity index (χ1v) is 6.72. The average molecular weight is 236 g/mol. The Morgan fingerprint density at radius 3 is 2.60 bits per heavy atom. The third-order valence-electron chi connectivity index (χ3n) is 2.63. The molecule has 1 aliphatic rings. The second-order valence-electron chi connectivity index (χ2n) is 4.20. The summed E-state index contributed by atoms with van der Waals surface area (Å²) in [6.07, 6.45) is -0.172. The van der Waals surface area contributed by atoms with Crippen LogP contribution in [0.3, 0.4) is 0 Å². The Bertz CT molecular complexity index is 302. The lowest BCUT2D eigenvalue weighted by molar-refractivity contribution is -0.0221. The highest BCUT2D eigenvalue weighted by atomic mass is 32.2. The Hall–Kier alpha value is -0.170. The normalized spacial score (nSPS) is 29.7. The second kappa shape index (κ2) is 4.78. The van der Waals surface area contributed by atoms with Gasteiger partial charge in [-0.3, -0.25) is 0 Å². The fourth-order valence-electron chi connectivity index (χ4n) is 1.56. The monoisotopic (exact) mass is 236 g/mol. The van der Waals surface area contributed by atoms with Crippen LogP contribution < -0.4 is 5.73 Å². The maximum absolute atomic E-state index is 12.0. The molecule has 0 bridgehead atoms. The van der Waals surface area contributed by atoms with Crippen LogP contribution in [-0.4, -0.2) is 49.8 Å². The third-order valence-corrected chi connectivity index (χ3v) is 4.99. The van der Waals surface area contributed by atoms with E-state index in [0.29, 0.717) is 19.7 Å². The molecule has 2 N–H and O–H groups in total. The SMILES string of the molecule is CC1COC(CN)CN1S(=O)(=O)C(C)C. The number of morpholine rings is 1. The molecule has 0 aromatic rings. The highest BCUT2D eigenvalue weighted by molar-refractivity contribution is 7.89. The molecular weight excluding hydrogens is 216 g/mol. The van der Waals surface area contributed by atoms with Crippen LogP contribution in [0.5, 0.6) is 0 Å². The van der Waals surface area contributed by atoms with Crippen LogP contribution in [0.15, 0.2) is 0 Å². The van der Waals surface area contributed by atoms with Gasteiger partial charge in [-0.2, -0.15) is 4.31 Å². The van der Waals surface area contributed by atoms with Crippen molar-refractivity contribution in [2.45, 2.75) is 38.2 Å². The first kappa shape index (κ1) is 12.9. The Labute approximate surface area is 91.6 Å². The molecule has 2 atom stereocenters. The predicted molar refractivity (Wildman–Crippen MR) is 59.0 cm³/mol. The summed E-state index contributed by atoms with van der Waals surface area (Å²) in [7, 11) is -3.19. The van der Waals surface area contributed by atoms with E-state index in [-0.39, 0.29) is 12.1 Å². The first-order chi connectivity index (χ1) is 6.89. The lowest BCUT2D eigenvalue weighted by atomic mass is 10.2. The standard InChI is InChI=1S/C9H20N2O3S/c1-7(2)15(12,13)11-5-9(4-10)14-6-8(11)3/h7-9H,4-6,10H2,1-3H3. The molecule has 0 spiro atoms. The molecule has 1 aliphatic heterocycles. The molecule has 0 saturated carbocycles. The Morgan fingerprint density at radius 2 is 2.13 bits per heavy atom. The van der Waals surface area contributed by atoms with Crippen LogP contribution in [0.1, 0.15) is 20.8 Å². The van der Waals surface area contributed by atoms with Crippen molar-refractivity contribution < 1.29 is 13.2 Å². The summed E-state index contributed by atoms with van der Waals surface area (Å²) in [5.41, 5.74) is 5.48. The molecule has 0 aliphatic carbocycles. The van der Waals surface area contributed by atoms with Gasteiger partial charge in [0.2, 0.25) is 10.0 Å². The molecule has 90 valence electrons. The summed E-state index contributed by atoms with van der Waals surface area (Å²) in [4.78, 5) is 0. The number of rotatable bonds is 3. The maximum atomic E-state index is 12.0. The van der Waals surface area contributed by atoms with Crippen molar-refractivity contribution in [2.75, 3.05) is 19.7 Å². The summed E-state index contributed by atoms with van der Waals surface area (Å²) in [6.45, 7) is 6.39. The van der Waals surface area contributed by atoms with E-state index in [1.807, 2.05) is 6.92 Å². The van der Waals surface area contributed by atoms with E-state index in [4.69, 9.17) is 10.5 Å². The topological polar surface area (TPSA) is 72.6 Å². The maximum Gasteiger partial charge on any atom is 0.216 e. The lowest BCUT2D eigenvalue weighted by Gasteiger charge is -2.37. The number of nitrogens with zero attached hydrogens (tertiary/aromatic N) is 1. The van der Waals surface area contributed by atoms with Gasteiger partial charge >= 0.3 is 0 Å². The second-order valence-corrected chi connectivity index (χ2v) is 6.65. The van der Waals surface area contributed by atoms with E-state index in [1.165, 1.54) is 4.31 Å². The van der Waals surface area contributed by atoms with E-state index in [0.717, 1.165) is 0 Å². The molecule has 2 unspecified atom stereocenters. The van der Waals surface area contributed by atoms with E-state index in [9.17, 15) is 8.42 Å². The van der Waals surface area contributed by atoms with Gasteiger partial charge in [-0.15, -0.1) is 0 Å². The predicted octanol–water partition coefficient (Wildman–Crippen LogP) is -0.227. The highest BCUT2D eigenvalue weighted by Gasteiger charge is 2.35. The van der Waals surface area contributed by atoms with Crippen LogP contribution in [0, 0.1) is 0 Å². The number of hydrogen-bond donors (Lipinski definition) is 1. The molecule has 1 saturated heterocycles. The van der Waals surface area contributed by atoms with Crippen molar-refractivity contribution in [1.82, 2.24) is 4.31 Å². The average Bonchev–Trinajstić information content (AvgIpc) is 2.18. The van der Waals surface area contributed by atoms with Crippen molar-refractivity contribution in [3.8, 4) is 0 Å². The summed E-state index contributed by atoms with van der Waals surface area (Å²) in [5.74, 6) is 0. The number of hydrogen-bond acceptors (Lipinski definition) is 4. The van der Waals surface area contributed by atoms with Gasteiger partial charge in [0.25, 0.3) is 0 Å². The van der Waals surface area contributed by atoms with Crippen molar-refractivity contribution in [3.05, 3.63) is 0 Å². The number of ether oxygens (including phenoxy) is 1. The zero-order chi connectivity index (χ0) is 11.6. The molecule has 15 heavy (non-hydrogen) atoms. The molecule has 0 aromatic heterocycles. The largest absolute Gasteiger partial charge is 0.374 e. The van der Waals surface area contributed by atoms with Crippen LogP contribution in [0.25, 0.3) is 0 Å². The van der Waals surface area contributed by atoms with Crippen molar-refractivity contribution in [1.29, 1.82) is 0 Å². The molecule has 0 amide bonds. The summed E-state index contributed by atoms with van der Waals surface area (Å²) >= 11 is 0. The van der Waals surface area contributed by atoms with Gasteiger partial charge in [0.05, 0.1) is 18.0 Å². The number of sulfonamides is 1. The van der Waals surface area contributed by atoms with Gasteiger partial charge in [-0.1, -0.05) is 0 Å². The van der Waals surface area contributed by atoms with Gasteiger partial charge in [-0.25, -0.2) is 8.42 Å². The molecular formula is C9H20N2O3S. The zero-order valence-corrected chi connectivity index (χ0v) is 10.3. The van der Waals surface area contributed by atoms with Crippen LogP contribution in [0.2, 0.25) is 0 Å². The zero-order valence-electron chi connectivity index (χ0n) is 9.51. The smallest absolute Gasteiger partial charge is 0.216 e. The van der Waals surface area contributed by atoms with Crippen molar-refractivity contribution >= 4 is 10.0 Å². The summed E-state index contributed by atoms with van der Waals surface area (Å²) < 4.78 is 30.9. The minimum absolute atomic E-state index is 0.0970. The summed E-state index contributed by atoms with van der Waals surface area (Å²) in [6, 6.07) is -0.0970. The van der Waals surface area contributed by atoms with Crippen LogP contribution in [-0.2, 0) is 14.8 Å². The highest BCUT2D eigenvalue weighted by Crippen LogP contribution is 2.18. The Kier molecular flexibility index (Phi) is 4.11. The first-order valence-electron chi connectivity index (χ1n) is 5.22. The summed E-state index contributed by atoms with van der Waals surface area (Å²) in [5, 5.41) is -0.392. The van der Waals surface area contributed by atoms with Gasteiger partial charge in [-0.05, 0) is 20.8 Å². The fourth-order valence-corrected chi connectivity index (χ4v) is 3.04. The van der Waals surface area contributed by atoms with E-state index < -0.39 is 15.3 Å². The molecule has 1 fully saturated rings. The Morgan fingerprint density at radius 1 is 1.53 bits per heavy atom. The molecule has 0 radical (unpaired) electrons. The Balaban J connectivity index is 2.83.